The smallest absolute Gasteiger partial charge is 0.0970 e. The summed E-state index contributed by atoms with van der Waals surface area (Å²) in [6, 6.07) is 151. The van der Waals surface area contributed by atoms with Gasteiger partial charge in [-0.15, -0.1) is 0 Å². The molecule has 0 spiro atoms. The van der Waals surface area contributed by atoms with Gasteiger partial charge in [0.25, 0.3) is 0 Å². The van der Waals surface area contributed by atoms with Crippen LogP contribution in [0.5, 0.6) is 0 Å². The van der Waals surface area contributed by atoms with E-state index in [1.807, 2.05) is 36.9 Å². The van der Waals surface area contributed by atoms with Gasteiger partial charge >= 0.3 is 0 Å². The van der Waals surface area contributed by atoms with E-state index in [9.17, 15) is 0 Å². The SMILES string of the molecule is C1=CC2=CC=C(c3ccnc4c3ccc3cccnc34)C3=CC=C4C=C(c5ccc(-c6nc7ccccc7c7cc8c(cc67)-c6ccccc6C8(c6ccccc6)c6ccccc6)cc5)C=C1C4C23.c1ccc(C2(c3ccccc3)c3ccccc3-c3cc4c(-c5ccc(-c6ccc7c8ccc(-c9ccnc%10c9ccc9cccnc9%10)cc8c8ccccc8c7c6)cc5)nc5ccccc5c4cc32)cc1. The molecule has 2 unspecified atom stereocenters. The zero-order valence-corrected chi connectivity index (χ0v) is 76.0. The highest BCUT2D eigenvalue weighted by atomic mass is 14.8. The van der Waals surface area contributed by atoms with Gasteiger partial charge in [0.15, 0.2) is 0 Å². The van der Waals surface area contributed by atoms with Gasteiger partial charge in [-0.2, -0.15) is 0 Å². The lowest BCUT2D eigenvalue weighted by atomic mass is 9.61. The molecule has 0 N–H and O–H groups in total. The normalized spacial score (nSPS) is 15.5. The van der Waals surface area contributed by atoms with Gasteiger partial charge in [0.05, 0.1) is 55.3 Å². The van der Waals surface area contributed by atoms with Crippen LogP contribution in [-0.4, -0.2) is 29.9 Å². The number of rotatable bonds is 10. The number of allylic oxidation sites excluding steroid dienone is 14. The molecule has 6 nitrogen and oxygen atoms in total. The summed E-state index contributed by atoms with van der Waals surface area (Å²) >= 11 is 0. The molecule has 6 heteroatoms. The van der Waals surface area contributed by atoms with E-state index in [0.717, 1.165) is 115 Å². The Bertz CT molecular complexity index is 9630. The Morgan fingerprint density at radius 2 is 0.614 bits per heavy atom. The molecule has 0 bridgehead atoms. The second kappa shape index (κ2) is 31.2. The number of fused-ring (bicyclic) bond motifs is 24. The molecule has 2 atom stereocenters. The Kier molecular flexibility index (Phi) is 17.7. The van der Waals surface area contributed by atoms with Gasteiger partial charge in [-0.25, -0.2) is 9.97 Å². The fourth-order valence-electron chi connectivity index (χ4n) is 24.9. The standard InChI is InChI=1S/C68H41N3.C66H41N3/c1-3-15-47(16-4-1)68(48-17-5-2-6-18-48)62-23-11-9-21-54(62)60-40-61-59(41-63(60)68)55-22-10-12-24-64(55)71-65(61)44-27-25-42(26-28-44)45-30-32-52-53-33-31-46(39-58(53)51-20-8-7-19-50(51)57(52)38-45)49-35-37-70-67-56(49)34-29-43-14-13-36-69-66(43)67;1-3-13-47(14-4-1)66(48-15-5-2-6-16-48)58-19-9-7-17-51(58)56-38-57-55(39-59(56)66)52-18-8-10-20-60(52)69-63(57)43-24-21-40(22-25-43)46-36-44-26-23-41-27-30-49(53-31-29-45(37-46)61(44)62(41)53)50-33-35-68-65-54(50)32-28-42-12-11-34-67-64(42)65/h1-41H;1-39,61-62H. The number of para-hydroxylation sites is 2. The highest BCUT2D eigenvalue weighted by Crippen LogP contribution is 2.61. The first kappa shape index (κ1) is 79.3. The minimum Gasteiger partial charge on any atom is -0.254 e. The van der Waals surface area contributed by atoms with Crippen LogP contribution in [0.15, 0.2) is 508 Å². The molecule has 0 saturated heterocycles. The number of benzene rings is 18. The van der Waals surface area contributed by atoms with E-state index < -0.39 is 10.8 Å². The van der Waals surface area contributed by atoms with E-state index >= 15 is 0 Å². The largest absolute Gasteiger partial charge is 0.254 e. The van der Waals surface area contributed by atoms with Crippen molar-refractivity contribution >= 4 is 130 Å². The molecule has 648 valence electrons. The monoisotopic (exact) mass is 1770 g/mol. The van der Waals surface area contributed by atoms with E-state index in [0.29, 0.717) is 0 Å². The number of pyridine rings is 6. The number of nitrogens with zero attached hydrogens (tertiary/aromatic N) is 6. The van der Waals surface area contributed by atoms with E-state index in [-0.39, 0.29) is 11.8 Å². The van der Waals surface area contributed by atoms with E-state index in [4.69, 9.17) is 29.9 Å². The Balaban J connectivity index is 0.000000134. The molecule has 18 aromatic carbocycles. The van der Waals surface area contributed by atoms with E-state index in [1.54, 1.807) is 0 Å². The fraction of sp³-hybridized carbons (Fsp3) is 0.0299. The quantitative estimate of drug-likeness (QED) is 0.127. The van der Waals surface area contributed by atoms with Crippen LogP contribution < -0.4 is 0 Å². The second-order valence-corrected chi connectivity index (χ2v) is 38.0. The molecule has 0 radical (unpaired) electrons. The van der Waals surface area contributed by atoms with E-state index in [1.165, 1.54) is 160 Å². The molecule has 0 fully saturated rings. The Morgan fingerprint density at radius 3 is 1.15 bits per heavy atom. The van der Waals surface area contributed by atoms with Crippen molar-refractivity contribution in [2.75, 3.05) is 0 Å². The third-order valence-corrected chi connectivity index (χ3v) is 31.0. The van der Waals surface area contributed by atoms with Crippen molar-refractivity contribution in [2.45, 2.75) is 10.8 Å². The molecule has 6 aliphatic rings. The highest BCUT2D eigenvalue weighted by molar-refractivity contribution is 6.27. The van der Waals surface area contributed by atoms with Crippen LogP contribution in [0.4, 0.5) is 0 Å². The van der Waals surface area contributed by atoms with Crippen molar-refractivity contribution < 1.29 is 0 Å². The highest BCUT2D eigenvalue weighted by Gasteiger charge is 2.49. The lowest BCUT2D eigenvalue weighted by Gasteiger charge is -2.41. The van der Waals surface area contributed by atoms with Gasteiger partial charge in [-0.3, -0.25) is 19.9 Å². The van der Waals surface area contributed by atoms with Crippen molar-refractivity contribution in [3.63, 3.8) is 0 Å². The zero-order chi connectivity index (χ0) is 91.8. The van der Waals surface area contributed by atoms with Crippen LogP contribution >= 0.6 is 0 Å². The summed E-state index contributed by atoms with van der Waals surface area (Å²) in [7, 11) is 0. The summed E-state index contributed by atoms with van der Waals surface area (Å²) in [4.78, 5) is 30.0. The Labute approximate surface area is 808 Å². The molecule has 24 aromatic rings. The summed E-state index contributed by atoms with van der Waals surface area (Å²) in [6.07, 6.45) is 26.4. The van der Waals surface area contributed by atoms with Gasteiger partial charge < -0.3 is 0 Å². The summed E-state index contributed by atoms with van der Waals surface area (Å²) in [5.41, 5.74) is 39.2. The molecule has 0 amide bonds. The number of hydrogen-bond donors (Lipinski definition) is 0. The average molecular weight is 1780 g/mol. The maximum absolute atomic E-state index is 5.46. The maximum Gasteiger partial charge on any atom is 0.0970 e. The zero-order valence-electron chi connectivity index (χ0n) is 76.0. The molecule has 0 aliphatic heterocycles. The Hall–Kier alpha value is -18.1. The van der Waals surface area contributed by atoms with Crippen LogP contribution in [0.1, 0.15) is 55.6 Å². The molecule has 0 saturated carbocycles. The fourth-order valence-corrected chi connectivity index (χ4v) is 24.9. The van der Waals surface area contributed by atoms with Crippen LogP contribution in [-0.2, 0) is 10.8 Å². The van der Waals surface area contributed by atoms with Crippen LogP contribution in [0, 0.1) is 11.8 Å². The minimum atomic E-state index is -0.487. The van der Waals surface area contributed by atoms with Crippen LogP contribution in [0.3, 0.4) is 0 Å². The summed E-state index contributed by atoms with van der Waals surface area (Å²) in [5.74, 6) is 0.501. The molecular weight excluding hydrogens is 1690 g/mol. The molecule has 6 heterocycles. The van der Waals surface area contributed by atoms with Gasteiger partial charge in [-0.05, 0) is 249 Å². The lowest BCUT2D eigenvalue weighted by Crippen LogP contribution is -2.29. The van der Waals surface area contributed by atoms with E-state index in [2.05, 4.69) is 449 Å². The van der Waals surface area contributed by atoms with Crippen molar-refractivity contribution in [1.82, 2.24) is 29.9 Å². The summed E-state index contributed by atoms with van der Waals surface area (Å²) < 4.78 is 0. The molecule has 30 rings (SSSR count). The summed E-state index contributed by atoms with van der Waals surface area (Å²) in [5, 5.41) is 18.9. The van der Waals surface area contributed by atoms with Crippen molar-refractivity contribution in [3.8, 4) is 67.0 Å². The predicted molar refractivity (Wildman–Crippen MR) is 579 cm³/mol. The van der Waals surface area contributed by atoms with Crippen molar-refractivity contribution in [2.24, 2.45) is 11.8 Å². The first-order valence-corrected chi connectivity index (χ1v) is 48.4. The maximum atomic E-state index is 5.46. The van der Waals surface area contributed by atoms with Gasteiger partial charge in [-0.1, -0.05) is 388 Å². The van der Waals surface area contributed by atoms with Crippen molar-refractivity contribution in [1.29, 1.82) is 0 Å². The topological polar surface area (TPSA) is 77.3 Å². The van der Waals surface area contributed by atoms with Gasteiger partial charge in [0.1, 0.15) is 0 Å². The average Bonchev–Trinajstić information content (AvgIpc) is 1.53. The Morgan fingerprint density at radius 1 is 0.207 bits per heavy atom. The number of hydrogen-bond acceptors (Lipinski definition) is 6. The van der Waals surface area contributed by atoms with Gasteiger partial charge in [0, 0.05) is 90.8 Å². The predicted octanol–water partition coefficient (Wildman–Crippen LogP) is 32.8. The minimum absolute atomic E-state index is 0.245. The third kappa shape index (κ3) is 11.9. The molecule has 140 heavy (non-hydrogen) atoms. The first-order chi connectivity index (χ1) is 69.4. The molecule has 6 aromatic heterocycles. The van der Waals surface area contributed by atoms with Crippen LogP contribution in [0.2, 0.25) is 0 Å². The number of aromatic nitrogens is 6. The van der Waals surface area contributed by atoms with Gasteiger partial charge in [0.2, 0.25) is 0 Å². The molecule has 6 aliphatic carbocycles. The lowest BCUT2D eigenvalue weighted by molar-refractivity contribution is 0.568. The third-order valence-electron chi connectivity index (χ3n) is 31.0. The van der Waals surface area contributed by atoms with Crippen molar-refractivity contribution in [3.05, 3.63) is 564 Å². The first-order valence-electron chi connectivity index (χ1n) is 48.4. The molecular formula is C134H82N6. The second-order valence-electron chi connectivity index (χ2n) is 38.0. The van der Waals surface area contributed by atoms with Crippen LogP contribution in [0.25, 0.3) is 197 Å². The summed E-state index contributed by atoms with van der Waals surface area (Å²) in [6.45, 7) is 0.